The third-order valence-corrected chi connectivity index (χ3v) is 6.35. The molecule has 4 aromatic rings. The maximum absolute atomic E-state index is 6.25. The number of H-pyrrole nitrogens is 1. The van der Waals surface area contributed by atoms with Crippen LogP contribution in [-0.2, 0) is 0 Å². The van der Waals surface area contributed by atoms with Gasteiger partial charge in [0, 0.05) is 54.9 Å². The first-order valence-corrected chi connectivity index (χ1v) is 11.3. The van der Waals surface area contributed by atoms with E-state index in [0.717, 1.165) is 75.1 Å². The number of anilines is 3. The smallest absolute Gasteiger partial charge is 0.188 e. The summed E-state index contributed by atoms with van der Waals surface area (Å²) in [4.78, 5) is 20.2. The van der Waals surface area contributed by atoms with E-state index < -0.39 is 0 Å². The number of nitrogens with zero attached hydrogens (tertiary/aromatic N) is 4. The van der Waals surface area contributed by atoms with Crippen LogP contribution in [0.3, 0.4) is 0 Å². The minimum atomic E-state index is 0.724. The molecule has 0 spiro atoms. The maximum atomic E-state index is 6.25. The van der Waals surface area contributed by atoms with Crippen molar-refractivity contribution in [1.82, 2.24) is 25.3 Å². The van der Waals surface area contributed by atoms with Crippen LogP contribution in [0, 0.1) is 6.92 Å². The van der Waals surface area contributed by atoms with Gasteiger partial charge in [0.15, 0.2) is 5.13 Å². The highest BCUT2D eigenvalue weighted by molar-refractivity contribution is 7.16. The van der Waals surface area contributed by atoms with Gasteiger partial charge in [-0.15, -0.1) is 0 Å². The fourth-order valence-electron chi connectivity index (χ4n) is 3.66. The Kier molecular flexibility index (Phi) is 5.59. The van der Waals surface area contributed by atoms with E-state index in [-0.39, 0.29) is 0 Å². The lowest BCUT2D eigenvalue weighted by Gasteiger charge is -2.28. The molecule has 0 saturated carbocycles. The summed E-state index contributed by atoms with van der Waals surface area (Å²) in [5, 5.41) is 9.32. The molecule has 3 N–H and O–H groups in total. The summed E-state index contributed by atoms with van der Waals surface area (Å²) in [6, 6.07) is 7.96. The quantitative estimate of drug-likeness (QED) is 0.408. The molecule has 0 amide bonds. The van der Waals surface area contributed by atoms with E-state index in [4.69, 9.17) is 11.6 Å². The highest BCUT2D eigenvalue weighted by atomic mass is 35.5. The molecule has 0 unspecified atom stereocenters. The number of rotatable bonds is 5. The Hall–Kier alpha value is -2.94. The minimum Gasteiger partial charge on any atom is -0.360 e. The monoisotopic (exact) mass is 451 g/mol. The summed E-state index contributed by atoms with van der Waals surface area (Å²) < 4.78 is 0. The molecule has 0 atom stereocenters. The average molecular weight is 452 g/mol. The van der Waals surface area contributed by atoms with Gasteiger partial charge in [0.05, 0.1) is 10.5 Å². The minimum absolute atomic E-state index is 0.724. The van der Waals surface area contributed by atoms with Crippen LogP contribution in [0.1, 0.15) is 16.3 Å². The summed E-state index contributed by atoms with van der Waals surface area (Å²) in [7, 11) is 0. The summed E-state index contributed by atoms with van der Waals surface area (Å²) in [5.41, 5.74) is 2.06. The summed E-state index contributed by atoms with van der Waals surface area (Å²) in [6.45, 7) is 5.75. The molecule has 1 saturated heterocycles. The number of piperazine rings is 1. The molecule has 4 heterocycles. The SMILES string of the molecule is Cc1nc(Nc2ncc(/C=C/c3ccc(Cl)c4[nH]ccc34)s2)cc(N2CCNCC2)n1. The molecule has 158 valence electrons. The van der Waals surface area contributed by atoms with E-state index >= 15 is 0 Å². The summed E-state index contributed by atoms with van der Waals surface area (Å²) in [6.07, 6.45) is 7.91. The first-order chi connectivity index (χ1) is 15.2. The van der Waals surface area contributed by atoms with Gasteiger partial charge in [0.25, 0.3) is 0 Å². The highest BCUT2D eigenvalue weighted by Crippen LogP contribution is 2.28. The van der Waals surface area contributed by atoms with Gasteiger partial charge in [0.2, 0.25) is 0 Å². The Morgan fingerprint density at radius 1 is 1.16 bits per heavy atom. The Labute approximate surface area is 189 Å². The predicted octanol–water partition coefficient (Wildman–Crippen LogP) is 4.70. The van der Waals surface area contributed by atoms with E-state index in [2.05, 4.69) is 47.6 Å². The number of aromatic amines is 1. The first kappa shape index (κ1) is 20.0. The molecule has 0 radical (unpaired) electrons. The lowest BCUT2D eigenvalue weighted by atomic mass is 10.1. The molecule has 1 fully saturated rings. The summed E-state index contributed by atoms with van der Waals surface area (Å²) >= 11 is 7.83. The second-order valence-electron chi connectivity index (χ2n) is 7.32. The lowest BCUT2D eigenvalue weighted by Crippen LogP contribution is -2.44. The number of aromatic nitrogens is 4. The zero-order valence-corrected chi connectivity index (χ0v) is 18.6. The summed E-state index contributed by atoms with van der Waals surface area (Å²) in [5.74, 6) is 2.46. The number of halogens is 1. The van der Waals surface area contributed by atoms with Crippen LogP contribution in [-0.4, -0.2) is 46.1 Å². The Morgan fingerprint density at radius 3 is 2.90 bits per heavy atom. The van der Waals surface area contributed by atoms with Crippen molar-refractivity contribution in [3.05, 3.63) is 57.9 Å². The molecule has 0 aliphatic carbocycles. The van der Waals surface area contributed by atoms with Crippen LogP contribution in [0.15, 0.2) is 36.7 Å². The highest BCUT2D eigenvalue weighted by Gasteiger charge is 2.14. The predicted molar refractivity (Wildman–Crippen MR) is 129 cm³/mol. The third kappa shape index (κ3) is 4.41. The van der Waals surface area contributed by atoms with Gasteiger partial charge in [0.1, 0.15) is 17.5 Å². The topological polar surface area (TPSA) is 81.8 Å². The van der Waals surface area contributed by atoms with Crippen molar-refractivity contribution in [2.45, 2.75) is 6.92 Å². The fraction of sp³-hybridized carbons (Fsp3) is 0.227. The van der Waals surface area contributed by atoms with Crippen molar-refractivity contribution in [1.29, 1.82) is 0 Å². The molecule has 1 aliphatic rings. The van der Waals surface area contributed by atoms with Gasteiger partial charge in [-0.1, -0.05) is 35.1 Å². The first-order valence-electron chi connectivity index (χ1n) is 10.1. The molecule has 3 aromatic heterocycles. The normalized spacial score (nSPS) is 14.6. The van der Waals surface area contributed by atoms with Gasteiger partial charge in [-0.3, -0.25) is 0 Å². The van der Waals surface area contributed by atoms with Gasteiger partial charge in [-0.05, 0) is 30.7 Å². The number of fused-ring (bicyclic) bond motifs is 1. The van der Waals surface area contributed by atoms with E-state index in [1.165, 1.54) is 0 Å². The lowest BCUT2D eigenvalue weighted by molar-refractivity contribution is 0.584. The van der Waals surface area contributed by atoms with Crippen molar-refractivity contribution in [2.75, 3.05) is 36.4 Å². The van der Waals surface area contributed by atoms with Gasteiger partial charge >= 0.3 is 0 Å². The number of thiazole rings is 1. The fourth-order valence-corrected chi connectivity index (χ4v) is 4.61. The molecule has 5 rings (SSSR count). The van der Waals surface area contributed by atoms with E-state index in [0.29, 0.717) is 0 Å². The second-order valence-corrected chi connectivity index (χ2v) is 8.79. The van der Waals surface area contributed by atoms with Gasteiger partial charge < -0.3 is 20.5 Å². The average Bonchev–Trinajstić information content (AvgIpc) is 3.44. The zero-order valence-electron chi connectivity index (χ0n) is 17.0. The number of nitrogens with one attached hydrogen (secondary N) is 3. The number of aryl methyl sites for hydroxylation is 1. The molecular weight excluding hydrogens is 430 g/mol. The third-order valence-electron chi connectivity index (χ3n) is 5.16. The second kappa shape index (κ2) is 8.66. The molecule has 31 heavy (non-hydrogen) atoms. The molecule has 7 nitrogen and oxygen atoms in total. The Bertz CT molecular complexity index is 1240. The van der Waals surface area contributed by atoms with Crippen molar-refractivity contribution in [3.63, 3.8) is 0 Å². The number of hydrogen-bond acceptors (Lipinski definition) is 7. The van der Waals surface area contributed by atoms with E-state index in [1.54, 1.807) is 11.3 Å². The van der Waals surface area contributed by atoms with Crippen LogP contribution in [0.4, 0.5) is 16.8 Å². The van der Waals surface area contributed by atoms with Crippen LogP contribution in [0.25, 0.3) is 23.1 Å². The standard InChI is InChI=1S/C22H22ClN7S/c1-14-27-19(12-20(28-14)30-10-8-24-9-11-30)29-22-26-13-16(31-22)4-2-15-3-5-18(23)21-17(15)6-7-25-21/h2-7,12-13,24-25H,8-11H2,1H3,(H,26,27,28,29)/b4-2+. The van der Waals surface area contributed by atoms with Crippen molar-refractivity contribution in [2.24, 2.45) is 0 Å². The van der Waals surface area contributed by atoms with Crippen molar-refractivity contribution in [3.8, 4) is 0 Å². The van der Waals surface area contributed by atoms with Crippen LogP contribution >= 0.6 is 22.9 Å². The van der Waals surface area contributed by atoms with Crippen molar-refractivity contribution >= 4 is 62.8 Å². The Morgan fingerprint density at radius 2 is 2.03 bits per heavy atom. The van der Waals surface area contributed by atoms with Crippen LogP contribution in [0.2, 0.25) is 5.02 Å². The Balaban J connectivity index is 1.33. The molecule has 1 aliphatic heterocycles. The van der Waals surface area contributed by atoms with Crippen LogP contribution in [0.5, 0.6) is 0 Å². The van der Waals surface area contributed by atoms with Gasteiger partial charge in [-0.2, -0.15) is 0 Å². The molecule has 9 heteroatoms. The number of hydrogen-bond donors (Lipinski definition) is 3. The van der Waals surface area contributed by atoms with Crippen LogP contribution < -0.4 is 15.5 Å². The van der Waals surface area contributed by atoms with E-state index in [9.17, 15) is 0 Å². The van der Waals surface area contributed by atoms with Crippen molar-refractivity contribution < 1.29 is 0 Å². The van der Waals surface area contributed by atoms with E-state index in [1.807, 2.05) is 43.6 Å². The maximum Gasteiger partial charge on any atom is 0.188 e. The molecule has 1 aromatic carbocycles. The largest absolute Gasteiger partial charge is 0.360 e. The molecular formula is C22H22ClN7S. The zero-order chi connectivity index (χ0) is 21.2. The molecule has 0 bridgehead atoms. The van der Waals surface area contributed by atoms with Gasteiger partial charge in [-0.25, -0.2) is 15.0 Å². The number of benzene rings is 1.